The van der Waals surface area contributed by atoms with E-state index in [0.29, 0.717) is 31.8 Å². The van der Waals surface area contributed by atoms with Crippen LogP contribution in [0.25, 0.3) is 10.9 Å². The predicted octanol–water partition coefficient (Wildman–Crippen LogP) is 2.52. The van der Waals surface area contributed by atoms with Crippen LogP contribution < -0.4 is 11.1 Å². The van der Waals surface area contributed by atoms with Crippen molar-refractivity contribution < 1.29 is 24.6 Å². The van der Waals surface area contributed by atoms with Gasteiger partial charge in [0.25, 0.3) is 0 Å². The Morgan fingerprint density at radius 1 is 1.06 bits per heavy atom. The van der Waals surface area contributed by atoms with Crippen LogP contribution >= 0.6 is 0 Å². The zero-order valence-electron chi connectivity index (χ0n) is 18.6. The van der Waals surface area contributed by atoms with Gasteiger partial charge < -0.3 is 31.1 Å². The number of nitrogens with two attached hydrogens (primary N) is 1. The summed E-state index contributed by atoms with van der Waals surface area (Å²) in [5, 5.41) is 19.8. The molecule has 0 radical (unpaired) electrons. The number of carbonyl (C=O) groups excluding carboxylic acids is 1. The molecule has 3 aromatic rings. The van der Waals surface area contributed by atoms with Crippen molar-refractivity contribution in [2.24, 2.45) is 5.73 Å². The number of benzene rings is 2. The Kier molecular flexibility index (Phi) is 8.42. The van der Waals surface area contributed by atoms with Crippen molar-refractivity contribution in [1.82, 2.24) is 15.2 Å². The fourth-order valence-electron chi connectivity index (χ4n) is 3.88. The smallest absolute Gasteiger partial charge is 0.328 e. The van der Waals surface area contributed by atoms with Gasteiger partial charge in [-0.05, 0) is 48.2 Å². The van der Waals surface area contributed by atoms with Crippen molar-refractivity contribution in [2.45, 2.75) is 25.4 Å². The second-order valence-electron chi connectivity index (χ2n) is 7.90. The maximum atomic E-state index is 12.3. The molecule has 34 heavy (non-hydrogen) atoms. The van der Waals surface area contributed by atoms with Crippen LogP contribution in [0.1, 0.15) is 16.7 Å². The van der Waals surface area contributed by atoms with Crippen LogP contribution in [0.2, 0.25) is 0 Å². The minimum atomic E-state index is -1.26. The third-order valence-corrected chi connectivity index (χ3v) is 5.47. The van der Waals surface area contributed by atoms with Crippen molar-refractivity contribution in [3.8, 4) is 0 Å². The second-order valence-corrected chi connectivity index (χ2v) is 7.90. The van der Waals surface area contributed by atoms with E-state index >= 15 is 0 Å². The number of hydrogen-bond acceptors (Lipinski definition) is 4. The maximum absolute atomic E-state index is 12.3. The molecule has 178 valence electrons. The van der Waals surface area contributed by atoms with E-state index in [-0.39, 0.29) is 12.1 Å². The third-order valence-electron chi connectivity index (χ3n) is 5.47. The number of aliphatic carboxylic acids is 2. The highest BCUT2D eigenvalue weighted by molar-refractivity contribution is 5.89. The minimum absolute atomic E-state index is 0.0189. The van der Waals surface area contributed by atoms with Gasteiger partial charge in [-0.15, -0.1) is 0 Å². The van der Waals surface area contributed by atoms with Crippen LogP contribution in [0.3, 0.4) is 0 Å². The summed E-state index contributed by atoms with van der Waals surface area (Å²) < 4.78 is 0. The number of carboxylic acid groups (broad SMARTS) is 2. The highest BCUT2D eigenvalue weighted by Gasteiger charge is 2.30. The standard InChI is InChI=1S/C21H24N4O.C4H4O4/c22-9-8-17-12-23-20-7-6-16(11-19(17)20)10-18-13-24-21(26)25(18)14-15-4-2-1-3-5-15;5-3(6)1-2-4(7)8/h1-7,11-12,18,23H,8-10,13-14,22H2,(H,24,26);1-2H,(H,5,6)(H,7,8)/b;2-1-. The molecule has 1 unspecified atom stereocenters. The Labute approximate surface area is 196 Å². The van der Waals surface area contributed by atoms with Gasteiger partial charge in [-0.3, -0.25) is 0 Å². The maximum Gasteiger partial charge on any atom is 0.328 e. The Morgan fingerprint density at radius 3 is 2.41 bits per heavy atom. The number of nitrogens with one attached hydrogen (secondary N) is 2. The van der Waals surface area contributed by atoms with Crippen LogP contribution in [0, 0.1) is 0 Å². The number of fused-ring (bicyclic) bond motifs is 1. The van der Waals surface area contributed by atoms with E-state index in [4.69, 9.17) is 15.9 Å². The molecule has 1 aliphatic rings. The molecule has 1 aliphatic heterocycles. The van der Waals surface area contributed by atoms with E-state index in [0.717, 1.165) is 23.9 Å². The Morgan fingerprint density at radius 2 is 1.76 bits per heavy atom. The number of nitrogens with zero attached hydrogens (tertiary/aromatic N) is 1. The van der Waals surface area contributed by atoms with Crippen molar-refractivity contribution in [2.75, 3.05) is 13.1 Å². The molecule has 1 atom stereocenters. The van der Waals surface area contributed by atoms with E-state index in [1.54, 1.807) is 0 Å². The summed E-state index contributed by atoms with van der Waals surface area (Å²) in [6.45, 7) is 1.97. The second kappa shape index (κ2) is 11.7. The summed E-state index contributed by atoms with van der Waals surface area (Å²) in [5.41, 5.74) is 10.5. The number of aromatic nitrogens is 1. The highest BCUT2D eigenvalue weighted by atomic mass is 16.4. The molecule has 9 heteroatoms. The lowest BCUT2D eigenvalue weighted by Crippen LogP contribution is -2.35. The van der Waals surface area contributed by atoms with Gasteiger partial charge in [0.05, 0.1) is 6.04 Å². The summed E-state index contributed by atoms with van der Waals surface area (Å²) in [6, 6.07) is 16.8. The number of hydrogen-bond donors (Lipinski definition) is 5. The molecule has 1 aromatic heterocycles. The number of carbonyl (C=O) groups is 3. The SMILES string of the molecule is NCCc1c[nH]c2ccc(CC3CNC(=O)N3Cc3ccccc3)cc12.O=C(O)/C=C\C(=O)O. The van der Waals surface area contributed by atoms with E-state index < -0.39 is 11.9 Å². The number of aromatic amines is 1. The number of rotatable bonds is 8. The Balaban J connectivity index is 0.000000350. The molecule has 0 spiro atoms. The van der Waals surface area contributed by atoms with Crippen molar-refractivity contribution in [1.29, 1.82) is 0 Å². The summed E-state index contributed by atoms with van der Waals surface area (Å²) in [6.07, 6.45) is 4.87. The average molecular weight is 465 g/mol. The molecule has 0 bridgehead atoms. The van der Waals surface area contributed by atoms with Crippen LogP contribution in [-0.4, -0.2) is 57.2 Å². The third kappa shape index (κ3) is 6.69. The van der Waals surface area contributed by atoms with Crippen LogP contribution in [0.15, 0.2) is 66.9 Å². The van der Waals surface area contributed by atoms with Gasteiger partial charge in [-0.25, -0.2) is 14.4 Å². The fourth-order valence-corrected chi connectivity index (χ4v) is 3.88. The molecule has 0 aliphatic carbocycles. The zero-order valence-corrected chi connectivity index (χ0v) is 18.6. The molecule has 2 aromatic carbocycles. The van der Waals surface area contributed by atoms with Crippen molar-refractivity contribution in [3.05, 3.63) is 83.6 Å². The first-order chi connectivity index (χ1) is 16.4. The predicted molar refractivity (Wildman–Crippen MR) is 128 cm³/mol. The molecule has 6 N–H and O–H groups in total. The van der Waals surface area contributed by atoms with Crippen LogP contribution in [-0.2, 0) is 29.0 Å². The number of carboxylic acids is 2. The summed E-state index contributed by atoms with van der Waals surface area (Å²) in [7, 11) is 0. The number of urea groups is 1. The monoisotopic (exact) mass is 464 g/mol. The molecule has 2 amide bonds. The van der Waals surface area contributed by atoms with Gasteiger partial charge in [-0.2, -0.15) is 0 Å². The normalized spacial score (nSPS) is 15.3. The van der Waals surface area contributed by atoms with Crippen molar-refractivity contribution >= 4 is 28.9 Å². The fraction of sp³-hybridized carbons (Fsp3) is 0.240. The lowest BCUT2D eigenvalue weighted by molar-refractivity contribution is -0.134. The highest BCUT2D eigenvalue weighted by Crippen LogP contribution is 2.23. The molecular weight excluding hydrogens is 436 g/mol. The summed E-state index contributed by atoms with van der Waals surface area (Å²) in [4.78, 5) is 36.6. The topological polar surface area (TPSA) is 149 Å². The number of H-pyrrole nitrogens is 1. The quantitative estimate of drug-likeness (QED) is 0.324. The summed E-state index contributed by atoms with van der Waals surface area (Å²) >= 11 is 0. The first kappa shape index (κ1) is 24.5. The van der Waals surface area contributed by atoms with Crippen LogP contribution in [0.4, 0.5) is 4.79 Å². The molecule has 1 fully saturated rings. The Bertz CT molecular complexity index is 1160. The average Bonchev–Trinajstić information content (AvgIpc) is 3.37. The Hall–Kier alpha value is -4.11. The molecular formula is C25H28N4O5. The van der Waals surface area contributed by atoms with Gasteiger partial charge in [-0.1, -0.05) is 36.4 Å². The van der Waals surface area contributed by atoms with E-state index in [9.17, 15) is 14.4 Å². The summed E-state index contributed by atoms with van der Waals surface area (Å²) in [5.74, 6) is -2.51. The molecule has 9 nitrogen and oxygen atoms in total. The van der Waals surface area contributed by atoms with Crippen LogP contribution in [0.5, 0.6) is 0 Å². The van der Waals surface area contributed by atoms with Gasteiger partial charge in [0, 0.05) is 42.3 Å². The van der Waals surface area contributed by atoms with Gasteiger partial charge in [0.15, 0.2) is 0 Å². The minimum Gasteiger partial charge on any atom is -0.478 e. The van der Waals surface area contributed by atoms with E-state index in [1.807, 2.05) is 29.3 Å². The largest absolute Gasteiger partial charge is 0.478 e. The number of amides is 2. The van der Waals surface area contributed by atoms with Crippen molar-refractivity contribution in [3.63, 3.8) is 0 Å². The van der Waals surface area contributed by atoms with Gasteiger partial charge >= 0.3 is 18.0 Å². The molecule has 4 rings (SSSR count). The first-order valence-electron chi connectivity index (χ1n) is 10.9. The molecule has 1 saturated heterocycles. The first-order valence-corrected chi connectivity index (χ1v) is 10.9. The zero-order chi connectivity index (χ0) is 24.5. The molecule has 0 saturated carbocycles. The van der Waals surface area contributed by atoms with Gasteiger partial charge in [0.2, 0.25) is 0 Å². The van der Waals surface area contributed by atoms with E-state index in [1.165, 1.54) is 16.5 Å². The lowest BCUT2D eigenvalue weighted by atomic mass is 10.0. The van der Waals surface area contributed by atoms with Gasteiger partial charge in [0.1, 0.15) is 0 Å². The molecule has 2 heterocycles. The van der Waals surface area contributed by atoms with E-state index in [2.05, 4.69) is 40.6 Å². The lowest BCUT2D eigenvalue weighted by Gasteiger charge is -2.23.